The van der Waals surface area contributed by atoms with Gasteiger partial charge in [-0.15, -0.1) is 11.8 Å². The second-order valence-corrected chi connectivity index (χ2v) is 3.17. The van der Waals surface area contributed by atoms with Crippen molar-refractivity contribution in [1.29, 1.82) is 0 Å². The van der Waals surface area contributed by atoms with Crippen molar-refractivity contribution in [1.82, 2.24) is 0 Å². The molecule has 3 nitrogen and oxygen atoms in total. The van der Waals surface area contributed by atoms with Gasteiger partial charge in [0.05, 0.1) is 13.2 Å². The predicted molar refractivity (Wildman–Crippen MR) is 47.2 cm³/mol. The third kappa shape index (κ3) is 1.75. The lowest BCUT2D eigenvalue weighted by Gasteiger charge is -2.22. The minimum Gasteiger partial charge on any atom is -0.342 e. The predicted octanol–water partition coefficient (Wildman–Crippen LogP) is 1.14. The fraction of sp³-hybridized carbons (Fsp3) is 0.857. The molecule has 1 heterocycles. The Morgan fingerprint density at radius 1 is 1.45 bits per heavy atom. The Bertz CT molecular complexity index is 164. The summed E-state index contributed by atoms with van der Waals surface area (Å²) in [6, 6.07) is 0. The van der Waals surface area contributed by atoms with Crippen LogP contribution in [0.5, 0.6) is 0 Å². The molecule has 0 aromatic rings. The normalized spacial score (nSPS) is 24.1. The second kappa shape index (κ2) is 3.56. The molecule has 4 heteroatoms. The van der Waals surface area contributed by atoms with Crippen molar-refractivity contribution in [2.45, 2.75) is 12.7 Å². The number of hydrogen-bond donors (Lipinski definition) is 0. The first-order chi connectivity index (χ1) is 5.23. The third-order valence-electron chi connectivity index (χ3n) is 1.62. The van der Waals surface area contributed by atoms with E-state index >= 15 is 0 Å². The molecule has 1 rings (SSSR count). The molecule has 0 amide bonds. The van der Waals surface area contributed by atoms with E-state index < -0.39 is 5.79 Å². The summed E-state index contributed by atoms with van der Waals surface area (Å²) in [6.45, 7) is 3.23. The maximum Gasteiger partial charge on any atom is 0.215 e. The molecule has 0 saturated carbocycles. The monoisotopic (exact) mass is 175 g/mol. The van der Waals surface area contributed by atoms with Crippen molar-refractivity contribution in [3.8, 4) is 0 Å². The molecule has 1 aliphatic heterocycles. The molecule has 0 N–H and O–H groups in total. The fourth-order valence-electron chi connectivity index (χ4n) is 1.12. The maximum absolute atomic E-state index is 5.41. The zero-order valence-corrected chi connectivity index (χ0v) is 7.90. The molecule has 0 atom stereocenters. The molecule has 0 unspecified atom stereocenters. The molecule has 64 valence electrons. The van der Waals surface area contributed by atoms with Crippen molar-refractivity contribution < 1.29 is 9.47 Å². The van der Waals surface area contributed by atoms with E-state index in [0.717, 1.165) is 5.04 Å². The number of aliphatic imine (C=N–C) groups is 1. The van der Waals surface area contributed by atoms with Crippen molar-refractivity contribution in [3.05, 3.63) is 0 Å². The maximum atomic E-state index is 5.41. The SMILES string of the molecule is CN=C(SC)C1(C)OCCO1. The van der Waals surface area contributed by atoms with Crippen LogP contribution in [0.1, 0.15) is 6.92 Å². The Labute approximate surface area is 71.2 Å². The summed E-state index contributed by atoms with van der Waals surface area (Å²) in [7, 11) is 1.75. The van der Waals surface area contributed by atoms with Crippen LogP contribution in [0.3, 0.4) is 0 Å². The summed E-state index contributed by atoms with van der Waals surface area (Å²) in [6.07, 6.45) is 1.97. The Morgan fingerprint density at radius 2 is 2.00 bits per heavy atom. The van der Waals surface area contributed by atoms with Gasteiger partial charge in [-0.05, 0) is 13.2 Å². The Kier molecular flexibility index (Phi) is 2.92. The van der Waals surface area contributed by atoms with Gasteiger partial charge in [0.25, 0.3) is 0 Å². The van der Waals surface area contributed by atoms with Crippen molar-refractivity contribution in [2.75, 3.05) is 26.5 Å². The first-order valence-electron chi connectivity index (χ1n) is 3.52. The Hall–Kier alpha value is -0.0600. The van der Waals surface area contributed by atoms with E-state index in [2.05, 4.69) is 4.99 Å². The van der Waals surface area contributed by atoms with Crippen LogP contribution >= 0.6 is 11.8 Å². The van der Waals surface area contributed by atoms with Gasteiger partial charge in [0.15, 0.2) is 0 Å². The van der Waals surface area contributed by atoms with Crippen LogP contribution in [0.2, 0.25) is 0 Å². The molecule has 0 aliphatic carbocycles. The van der Waals surface area contributed by atoms with Gasteiger partial charge in [0.1, 0.15) is 5.04 Å². The minimum atomic E-state index is -0.575. The summed E-state index contributed by atoms with van der Waals surface area (Å²) < 4.78 is 10.8. The van der Waals surface area contributed by atoms with Gasteiger partial charge >= 0.3 is 0 Å². The number of hydrogen-bond acceptors (Lipinski definition) is 4. The summed E-state index contributed by atoms with van der Waals surface area (Å²) in [5.74, 6) is -0.575. The van der Waals surface area contributed by atoms with Gasteiger partial charge < -0.3 is 9.47 Å². The molecule has 0 bridgehead atoms. The first kappa shape index (κ1) is 9.03. The van der Waals surface area contributed by atoms with Crippen LogP contribution in [-0.2, 0) is 9.47 Å². The molecule has 0 aromatic heterocycles. The average Bonchev–Trinajstić information content (AvgIpc) is 2.39. The zero-order valence-electron chi connectivity index (χ0n) is 7.09. The smallest absolute Gasteiger partial charge is 0.215 e. The van der Waals surface area contributed by atoms with Gasteiger partial charge in [-0.1, -0.05) is 0 Å². The third-order valence-corrected chi connectivity index (χ3v) is 2.56. The molecule has 0 radical (unpaired) electrons. The van der Waals surface area contributed by atoms with Gasteiger partial charge in [0.2, 0.25) is 5.79 Å². The topological polar surface area (TPSA) is 30.8 Å². The van der Waals surface area contributed by atoms with Gasteiger partial charge in [-0.25, -0.2) is 0 Å². The highest BCUT2D eigenvalue weighted by Crippen LogP contribution is 2.25. The molecular formula is C7H13NO2S. The van der Waals surface area contributed by atoms with E-state index in [1.165, 1.54) is 0 Å². The lowest BCUT2D eigenvalue weighted by atomic mass is 10.3. The van der Waals surface area contributed by atoms with Crippen LogP contribution in [0.15, 0.2) is 4.99 Å². The zero-order chi connectivity index (χ0) is 8.32. The van der Waals surface area contributed by atoms with Gasteiger partial charge in [0, 0.05) is 7.05 Å². The van der Waals surface area contributed by atoms with E-state index in [1.807, 2.05) is 13.2 Å². The highest BCUT2D eigenvalue weighted by molar-refractivity contribution is 8.13. The molecular weight excluding hydrogens is 162 g/mol. The summed E-state index contributed by atoms with van der Waals surface area (Å²) in [4.78, 5) is 4.09. The van der Waals surface area contributed by atoms with E-state index in [9.17, 15) is 0 Å². The molecule has 1 saturated heterocycles. The standard InChI is InChI=1S/C7H13NO2S/c1-7(6(8-2)11-3)9-4-5-10-7/h4-5H2,1-3H3. The lowest BCUT2D eigenvalue weighted by Crippen LogP contribution is -2.34. The van der Waals surface area contributed by atoms with E-state index in [0.29, 0.717) is 13.2 Å². The molecule has 1 fully saturated rings. The molecule has 11 heavy (non-hydrogen) atoms. The largest absolute Gasteiger partial charge is 0.342 e. The quantitative estimate of drug-likeness (QED) is 0.442. The first-order valence-corrected chi connectivity index (χ1v) is 4.74. The Balaban J connectivity index is 2.69. The summed E-state index contributed by atoms with van der Waals surface area (Å²) >= 11 is 1.57. The minimum absolute atomic E-state index is 0.575. The van der Waals surface area contributed by atoms with Crippen LogP contribution < -0.4 is 0 Å². The number of rotatable bonds is 1. The van der Waals surface area contributed by atoms with E-state index in [1.54, 1.807) is 18.8 Å². The fourth-order valence-corrected chi connectivity index (χ4v) is 1.79. The molecule has 1 aliphatic rings. The van der Waals surface area contributed by atoms with Crippen molar-refractivity contribution in [2.24, 2.45) is 4.99 Å². The summed E-state index contributed by atoms with van der Waals surface area (Å²) in [5.41, 5.74) is 0. The van der Waals surface area contributed by atoms with E-state index in [4.69, 9.17) is 9.47 Å². The number of thioether (sulfide) groups is 1. The van der Waals surface area contributed by atoms with E-state index in [-0.39, 0.29) is 0 Å². The highest BCUT2D eigenvalue weighted by Gasteiger charge is 2.36. The van der Waals surface area contributed by atoms with Crippen LogP contribution in [-0.4, -0.2) is 37.3 Å². The molecule has 0 spiro atoms. The highest BCUT2D eigenvalue weighted by atomic mass is 32.2. The van der Waals surface area contributed by atoms with Gasteiger partial charge in [-0.2, -0.15) is 0 Å². The Morgan fingerprint density at radius 3 is 2.36 bits per heavy atom. The summed E-state index contributed by atoms with van der Waals surface area (Å²) in [5, 5.41) is 0.898. The number of nitrogens with zero attached hydrogens (tertiary/aromatic N) is 1. The second-order valence-electron chi connectivity index (χ2n) is 2.38. The van der Waals surface area contributed by atoms with Crippen LogP contribution in [0.4, 0.5) is 0 Å². The van der Waals surface area contributed by atoms with Gasteiger partial charge in [-0.3, -0.25) is 4.99 Å². The average molecular weight is 175 g/mol. The van der Waals surface area contributed by atoms with Crippen LogP contribution in [0.25, 0.3) is 0 Å². The van der Waals surface area contributed by atoms with Crippen LogP contribution in [0, 0.1) is 0 Å². The van der Waals surface area contributed by atoms with Crippen molar-refractivity contribution in [3.63, 3.8) is 0 Å². The molecule has 0 aromatic carbocycles. The number of ether oxygens (including phenoxy) is 2. The van der Waals surface area contributed by atoms with Crippen molar-refractivity contribution >= 4 is 16.8 Å². The lowest BCUT2D eigenvalue weighted by molar-refractivity contribution is -0.0789.